The third-order valence-electron chi connectivity index (χ3n) is 3.00. The number of hydrogen-bond acceptors (Lipinski definition) is 4. The first-order chi connectivity index (χ1) is 11.6. The van der Waals surface area contributed by atoms with Crippen LogP contribution < -0.4 is 16.0 Å². The molecule has 7 nitrogen and oxygen atoms in total. The van der Waals surface area contributed by atoms with E-state index in [0.717, 1.165) is 0 Å². The minimum Gasteiger partial charge on any atom is -0.444 e. The molecule has 3 amide bonds. The first-order valence-corrected chi connectivity index (χ1v) is 8.25. The fraction of sp³-hybridized carbons (Fsp3) is 0.500. The molecule has 0 spiro atoms. The average molecular weight is 349 g/mol. The predicted octanol–water partition coefficient (Wildman–Crippen LogP) is 3.13. The first-order valence-electron chi connectivity index (χ1n) is 8.25. The van der Waals surface area contributed by atoms with Gasteiger partial charge in [-0.25, -0.2) is 4.79 Å². The van der Waals surface area contributed by atoms with Crippen molar-refractivity contribution in [3.8, 4) is 0 Å². The lowest BCUT2D eigenvalue weighted by Gasteiger charge is -2.19. The van der Waals surface area contributed by atoms with E-state index < -0.39 is 11.7 Å². The number of carbonyl (C=O) groups is 3. The average Bonchev–Trinajstić information content (AvgIpc) is 2.47. The maximum Gasteiger partial charge on any atom is 0.407 e. The van der Waals surface area contributed by atoms with Crippen molar-refractivity contribution in [1.82, 2.24) is 5.32 Å². The number of alkyl carbamates (subject to hydrolysis) is 1. The number of benzene rings is 1. The molecule has 7 heteroatoms. The maximum atomic E-state index is 12.0. The van der Waals surface area contributed by atoms with E-state index in [2.05, 4.69) is 16.0 Å². The van der Waals surface area contributed by atoms with Gasteiger partial charge in [0.2, 0.25) is 11.8 Å². The number of ether oxygens (including phenoxy) is 1. The molecule has 25 heavy (non-hydrogen) atoms. The Bertz CT molecular complexity index is 621. The highest BCUT2D eigenvalue weighted by Crippen LogP contribution is 2.21. The van der Waals surface area contributed by atoms with Crippen molar-refractivity contribution in [2.24, 2.45) is 5.92 Å². The van der Waals surface area contributed by atoms with Gasteiger partial charge >= 0.3 is 6.09 Å². The highest BCUT2D eigenvalue weighted by molar-refractivity contribution is 6.00. The lowest BCUT2D eigenvalue weighted by atomic mass is 10.2. The van der Waals surface area contributed by atoms with Crippen molar-refractivity contribution in [2.75, 3.05) is 17.2 Å². The first kappa shape index (κ1) is 20.5. The quantitative estimate of drug-likeness (QED) is 0.735. The van der Waals surface area contributed by atoms with Gasteiger partial charge < -0.3 is 20.7 Å². The smallest absolute Gasteiger partial charge is 0.407 e. The molecule has 0 aliphatic carbocycles. The molecular weight excluding hydrogens is 322 g/mol. The largest absolute Gasteiger partial charge is 0.444 e. The van der Waals surface area contributed by atoms with Crippen LogP contribution in [0.15, 0.2) is 24.3 Å². The van der Waals surface area contributed by atoms with E-state index in [-0.39, 0.29) is 30.7 Å². The zero-order valence-corrected chi connectivity index (χ0v) is 15.4. The normalized spacial score (nSPS) is 11.0. The molecule has 0 fully saturated rings. The fourth-order valence-electron chi connectivity index (χ4n) is 1.78. The summed E-state index contributed by atoms with van der Waals surface area (Å²) in [5, 5.41) is 8.03. The van der Waals surface area contributed by atoms with Crippen LogP contribution in [-0.4, -0.2) is 30.1 Å². The Morgan fingerprint density at radius 2 is 1.60 bits per heavy atom. The van der Waals surface area contributed by atoms with Crippen LogP contribution >= 0.6 is 0 Å². The molecular formula is C18H27N3O4. The zero-order chi connectivity index (χ0) is 19.0. The summed E-state index contributed by atoms with van der Waals surface area (Å²) < 4.78 is 5.09. The van der Waals surface area contributed by atoms with Gasteiger partial charge in [-0.2, -0.15) is 0 Å². The van der Waals surface area contributed by atoms with Gasteiger partial charge in [-0.05, 0) is 32.9 Å². The van der Waals surface area contributed by atoms with Gasteiger partial charge in [-0.1, -0.05) is 26.0 Å². The predicted molar refractivity (Wildman–Crippen MR) is 97.4 cm³/mol. The van der Waals surface area contributed by atoms with Crippen molar-refractivity contribution in [3.05, 3.63) is 24.3 Å². The Morgan fingerprint density at radius 3 is 2.12 bits per heavy atom. The molecule has 0 aromatic heterocycles. The van der Waals surface area contributed by atoms with Crippen molar-refractivity contribution >= 4 is 29.3 Å². The molecule has 1 rings (SSSR count). The summed E-state index contributed by atoms with van der Waals surface area (Å²) in [7, 11) is 0. The van der Waals surface area contributed by atoms with E-state index in [1.807, 2.05) is 0 Å². The second kappa shape index (κ2) is 9.05. The molecule has 138 valence electrons. The van der Waals surface area contributed by atoms with E-state index in [9.17, 15) is 14.4 Å². The third kappa shape index (κ3) is 8.19. The van der Waals surface area contributed by atoms with E-state index in [1.54, 1.807) is 58.9 Å². The molecule has 0 radical (unpaired) electrons. The Labute approximate surface area is 148 Å². The molecule has 1 aromatic rings. The van der Waals surface area contributed by atoms with Crippen molar-refractivity contribution in [3.63, 3.8) is 0 Å². The highest BCUT2D eigenvalue weighted by atomic mass is 16.6. The van der Waals surface area contributed by atoms with Crippen LogP contribution in [-0.2, 0) is 14.3 Å². The maximum absolute atomic E-state index is 12.0. The number of amides is 3. The lowest BCUT2D eigenvalue weighted by Crippen LogP contribution is -2.34. The van der Waals surface area contributed by atoms with Crippen LogP contribution in [0.1, 0.15) is 41.0 Å². The van der Waals surface area contributed by atoms with Crippen molar-refractivity contribution in [1.29, 1.82) is 0 Å². The van der Waals surface area contributed by atoms with Gasteiger partial charge in [0.1, 0.15) is 5.60 Å². The van der Waals surface area contributed by atoms with Gasteiger partial charge in [-0.15, -0.1) is 0 Å². The third-order valence-corrected chi connectivity index (χ3v) is 3.00. The Balaban J connectivity index is 2.52. The van der Waals surface area contributed by atoms with Crippen LogP contribution in [0.2, 0.25) is 0 Å². The van der Waals surface area contributed by atoms with Crippen LogP contribution in [0, 0.1) is 5.92 Å². The molecule has 0 aliphatic rings. The molecule has 0 aliphatic heterocycles. The highest BCUT2D eigenvalue weighted by Gasteiger charge is 2.16. The second-order valence-electron chi connectivity index (χ2n) is 6.92. The number of anilines is 2. The molecule has 0 unspecified atom stereocenters. The monoisotopic (exact) mass is 349 g/mol. The molecule has 0 saturated heterocycles. The summed E-state index contributed by atoms with van der Waals surface area (Å²) in [5.41, 5.74) is 0.466. The minimum atomic E-state index is -0.583. The summed E-state index contributed by atoms with van der Waals surface area (Å²) >= 11 is 0. The van der Waals surface area contributed by atoms with Crippen molar-refractivity contribution < 1.29 is 19.1 Å². The molecule has 3 N–H and O–H groups in total. The molecule has 0 saturated carbocycles. The molecule has 0 heterocycles. The standard InChI is InChI=1S/C18H27N3O4/c1-12(2)16(23)21-14-9-7-6-8-13(14)20-15(22)10-11-19-17(24)25-18(3,4)5/h6-9,12H,10-11H2,1-5H3,(H,19,24)(H,20,22)(H,21,23). The Kier molecular flexibility index (Phi) is 7.42. The van der Waals surface area contributed by atoms with E-state index in [4.69, 9.17) is 4.74 Å². The number of hydrogen-bond donors (Lipinski definition) is 3. The fourth-order valence-corrected chi connectivity index (χ4v) is 1.78. The summed E-state index contributed by atoms with van der Waals surface area (Å²) in [4.78, 5) is 35.4. The Morgan fingerprint density at radius 1 is 1.04 bits per heavy atom. The lowest BCUT2D eigenvalue weighted by molar-refractivity contribution is -0.119. The second-order valence-corrected chi connectivity index (χ2v) is 6.92. The van der Waals surface area contributed by atoms with Crippen LogP contribution in [0.4, 0.5) is 16.2 Å². The van der Waals surface area contributed by atoms with Gasteiger partial charge in [0.25, 0.3) is 0 Å². The van der Waals surface area contributed by atoms with Crippen LogP contribution in [0.25, 0.3) is 0 Å². The molecule has 0 bridgehead atoms. The van der Waals surface area contributed by atoms with E-state index in [1.165, 1.54) is 0 Å². The van der Waals surface area contributed by atoms with E-state index in [0.29, 0.717) is 11.4 Å². The summed E-state index contributed by atoms with van der Waals surface area (Å²) in [5.74, 6) is -0.572. The number of rotatable bonds is 6. The molecule has 1 aromatic carbocycles. The zero-order valence-electron chi connectivity index (χ0n) is 15.4. The number of carbonyl (C=O) groups excluding carboxylic acids is 3. The number of nitrogens with one attached hydrogen (secondary N) is 3. The Hall–Kier alpha value is -2.57. The van der Waals surface area contributed by atoms with Gasteiger partial charge in [-0.3, -0.25) is 9.59 Å². The number of para-hydroxylation sites is 2. The summed E-state index contributed by atoms with van der Waals surface area (Å²) in [6, 6.07) is 6.96. The van der Waals surface area contributed by atoms with Gasteiger partial charge in [0.15, 0.2) is 0 Å². The van der Waals surface area contributed by atoms with Crippen LogP contribution in [0.3, 0.4) is 0 Å². The molecule has 0 atom stereocenters. The van der Waals surface area contributed by atoms with Crippen LogP contribution in [0.5, 0.6) is 0 Å². The minimum absolute atomic E-state index is 0.0890. The topological polar surface area (TPSA) is 96.5 Å². The van der Waals surface area contributed by atoms with Gasteiger partial charge in [0.05, 0.1) is 11.4 Å². The summed E-state index contributed by atoms with van der Waals surface area (Å²) in [6.45, 7) is 9.03. The van der Waals surface area contributed by atoms with Gasteiger partial charge in [0, 0.05) is 18.9 Å². The summed E-state index contributed by atoms with van der Waals surface area (Å²) in [6.07, 6.45) is -0.476. The van der Waals surface area contributed by atoms with Crippen molar-refractivity contribution in [2.45, 2.75) is 46.6 Å². The van der Waals surface area contributed by atoms with E-state index >= 15 is 0 Å². The SMILES string of the molecule is CC(C)C(=O)Nc1ccccc1NC(=O)CCNC(=O)OC(C)(C)C.